The molecule has 0 saturated carbocycles. The van der Waals surface area contributed by atoms with E-state index in [1.165, 1.54) is 0 Å². The van der Waals surface area contributed by atoms with Gasteiger partial charge in [-0.25, -0.2) is 0 Å². The van der Waals surface area contributed by atoms with Crippen LogP contribution in [0.25, 0.3) is 0 Å². The van der Waals surface area contributed by atoms with Crippen molar-refractivity contribution in [2.24, 2.45) is 0 Å². The maximum absolute atomic E-state index is 11.8. The van der Waals surface area contributed by atoms with Crippen molar-refractivity contribution in [3.05, 3.63) is 34.9 Å². The molecule has 3 heteroatoms. The van der Waals surface area contributed by atoms with Gasteiger partial charge in [-0.05, 0) is 51.1 Å². The first kappa shape index (κ1) is 15.2. The number of rotatable bonds is 7. The Morgan fingerprint density at radius 2 is 1.94 bits per heavy atom. The van der Waals surface area contributed by atoms with Crippen molar-refractivity contribution >= 4 is 17.4 Å². The first-order valence-electron chi connectivity index (χ1n) is 6.49. The number of nitrogens with zero attached hydrogens (tertiary/aromatic N) is 1. The smallest absolute Gasteiger partial charge is 0.147 e. The molecule has 1 unspecified atom stereocenters. The Balaban J connectivity index is 2.68. The van der Waals surface area contributed by atoms with E-state index in [1.807, 2.05) is 31.3 Å². The van der Waals surface area contributed by atoms with Crippen molar-refractivity contribution in [2.45, 2.75) is 39.2 Å². The Kier molecular flexibility index (Phi) is 6.37. The van der Waals surface area contributed by atoms with Gasteiger partial charge in [0, 0.05) is 5.02 Å². The summed E-state index contributed by atoms with van der Waals surface area (Å²) in [5, 5.41) is 0.734. The summed E-state index contributed by atoms with van der Waals surface area (Å²) in [5.41, 5.74) is 1.16. The van der Waals surface area contributed by atoms with Gasteiger partial charge in [-0.15, -0.1) is 0 Å². The van der Waals surface area contributed by atoms with Gasteiger partial charge in [-0.2, -0.15) is 0 Å². The summed E-state index contributed by atoms with van der Waals surface area (Å²) in [6, 6.07) is 7.70. The van der Waals surface area contributed by atoms with E-state index in [1.54, 1.807) is 6.92 Å². The van der Waals surface area contributed by atoms with Crippen molar-refractivity contribution in [3.8, 4) is 0 Å². The van der Waals surface area contributed by atoms with Gasteiger partial charge in [0.1, 0.15) is 5.78 Å². The molecule has 1 aromatic rings. The molecule has 1 aromatic carbocycles. The number of carbonyl (C=O) groups is 1. The summed E-state index contributed by atoms with van der Waals surface area (Å²) in [4.78, 5) is 13.9. The van der Waals surface area contributed by atoms with Crippen LogP contribution in [0.15, 0.2) is 24.3 Å². The zero-order chi connectivity index (χ0) is 13.5. The van der Waals surface area contributed by atoms with Crippen LogP contribution in [0.4, 0.5) is 0 Å². The minimum Gasteiger partial charge on any atom is -0.298 e. The lowest BCUT2D eigenvalue weighted by Gasteiger charge is -2.26. The highest BCUT2D eigenvalue weighted by Crippen LogP contribution is 2.14. The highest BCUT2D eigenvalue weighted by atomic mass is 35.5. The minimum atomic E-state index is -0.0299. The Labute approximate surface area is 115 Å². The molecule has 0 aliphatic rings. The number of ketones is 1. The van der Waals surface area contributed by atoms with Crippen molar-refractivity contribution in [2.75, 3.05) is 13.6 Å². The van der Waals surface area contributed by atoms with E-state index in [4.69, 9.17) is 11.6 Å². The van der Waals surface area contributed by atoms with Crippen molar-refractivity contribution in [1.82, 2.24) is 4.90 Å². The lowest BCUT2D eigenvalue weighted by Crippen LogP contribution is -2.39. The predicted molar refractivity (Wildman–Crippen MR) is 77.2 cm³/mol. The summed E-state index contributed by atoms with van der Waals surface area (Å²) < 4.78 is 0. The molecule has 0 radical (unpaired) electrons. The molecule has 100 valence electrons. The summed E-state index contributed by atoms with van der Waals surface area (Å²) >= 11 is 5.86. The zero-order valence-electron chi connectivity index (χ0n) is 11.4. The number of unbranched alkanes of at least 4 members (excludes halogenated alkanes) is 1. The van der Waals surface area contributed by atoms with Gasteiger partial charge < -0.3 is 0 Å². The molecule has 0 saturated heterocycles. The molecule has 0 amide bonds. The topological polar surface area (TPSA) is 20.3 Å². The molecule has 0 aromatic heterocycles. The second-order valence-electron chi connectivity index (χ2n) is 4.79. The van der Waals surface area contributed by atoms with Gasteiger partial charge in [-0.3, -0.25) is 9.69 Å². The Morgan fingerprint density at radius 1 is 1.33 bits per heavy atom. The van der Waals surface area contributed by atoms with E-state index >= 15 is 0 Å². The molecule has 0 bridgehead atoms. The maximum Gasteiger partial charge on any atom is 0.147 e. The normalized spacial score (nSPS) is 12.7. The molecule has 2 nitrogen and oxygen atoms in total. The largest absolute Gasteiger partial charge is 0.298 e. The number of Topliss-reactive ketones (excluding diaryl/α,β-unsaturated/α-hetero) is 1. The Hall–Kier alpha value is -0.860. The highest BCUT2D eigenvalue weighted by molar-refractivity contribution is 6.30. The summed E-state index contributed by atoms with van der Waals surface area (Å²) in [6.07, 6.45) is 3.03. The predicted octanol–water partition coefficient (Wildman–Crippen LogP) is 3.57. The molecule has 0 fully saturated rings. The molecule has 0 heterocycles. The third-order valence-corrected chi connectivity index (χ3v) is 3.46. The van der Waals surface area contributed by atoms with Crippen LogP contribution in [-0.4, -0.2) is 30.3 Å². The van der Waals surface area contributed by atoms with E-state index < -0.39 is 0 Å². The monoisotopic (exact) mass is 267 g/mol. The fourth-order valence-corrected chi connectivity index (χ4v) is 2.14. The second-order valence-corrected chi connectivity index (χ2v) is 5.23. The van der Waals surface area contributed by atoms with Crippen LogP contribution in [0.1, 0.15) is 32.3 Å². The number of likely N-dealkylation sites (N-methyl/N-ethyl adjacent to an activating group) is 1. The van der Waals surface area contributed by atoms with E-state index in [2.05, 4.69) is 11.8 Å². The van der Waals surface area contributed by atoms with Crippen molar-refractivity contribution < 1.29 is 4.79 Å². The number of carbonyl (C=O) groups excluding carboxylic acids is 1. The first-order chi connectivity index (χ1) is 8.54. The van der Waals surface area contributed by atoms with Crippen LogP contribution in [0, 0.1) is 0 Å². The van der Waals surface area contributed by atoms with Crippen molar-refractivity contribution in [3.63, 3.8) is 0 Å². The maximum atomic E-state index is 11.8. The molecule has 0 spiro atoms. The van der Waals surface area contributed by atoms with E-state index in [-0.39, 0.29) is 11.8 Å². The molecule has 1 rings (SSSR count). The summed E-state index contributed by atoms with van der Waals surface area (Å²) in [5.74, 6) is 0.226. The molecular formula is C15H22ClNO. The SMILES string of the molecule is CCCCN(C)C(Cc1ccc(Cl)cc1)C(C)=O. The number of benzene rings is 1. The average Bonchev–Trinajstić information content (AvgIpc) is 2.34. The second kappa shape index (κ2) is 7.55. The first-order valence-corrected chi connectivity index (χ1v) is 6.87. The molecule has 0 aliphatic heterocycles. The lowest BCUT2D eigenvalue weighted by molar-refractivity contribution is -0.121. The van der Waals surface area contributed by atoms with Gasteiger partial charge >= 0.3 is 0 Å². The summed E-state index contributed by atoms with van der Waals surface area (Å²) in [7, 11) is 2.03. The van der Waals surface area contributed by atoms with Gasteiger partial charge in [0.25, 0.3) is 0 Å². The number of hydrogen-bond acceptors (Lipinski definition) is 2. The Bertz CT molecular complexity index is 375. The van der Waals surface area contributed by atoms with Gasteiger partial charge in [0.05, 0.1) is 6.04 Å². The van der Waals surface area contributed by atoms with Gasteiger partial charge in [-0.1, -0.05) is 37.1 Å². The third kappa shape index (κ3) is 4.79. The summed E-state index contributed by atoms with van der Waals surface area (Å²) in [6.45, 7) is 4.80. The minimum absolute atomic E-state index is 0.0299. The fraction of sp³-hybridized carbons (Fsp3) is 0.533. The van der Waals surface area contributed by atoms with E-state index in [9.17, 15) is 4.79 Å². The van der Waals surface area contributed by atoms with Crippen molar-refractivity contribution in [1.29, 1.82) is 0 Å². The van der Waals surface area contributed by atoms with Crippen LogP contribution < -0.4 is 0 Å². The molecule has 0 aliphatic carbocycles. The van der Waals surface area contributed by atoms with Crippen LogP contribution >= 0.6 is 11.6 Å². The molecule has 18 heavy (non-hydrogen) atoms. The lowest BCUT2D eigenvalue weighted by atomic mass is 10.0. The van der Waals surface area contributed by atoms with E-state index in [0.717, 1.165) is 36.4 Å². The molecule has 1 atom stereocenters. The highest BCUT2D eigenvalue weighted by Gasteiger charge is 2.19. The standard InChI is InChI=1S/C15H22ClNO/c1-4-5-10-17(3)15(12(2)18)11-13-6-8-14(16)9-7-13/h6-9,15H,4-5,10-11H2,1-3H3. The van der Waals surface area contributed by atoms with Crippen LogP contribution in [0.5, 0.6) is 0 Å². The van der Waals surface area contributed by atoms with Crippen LogP contribution in [0.3, 0.4) is 0 Å². The Morgan fingerprint density at radius 3 is 2.44 bits per heavy atom. The van der Waals surface area contributed by atoms with Gasteiger partial charge in [0.2, 0.25) is 0 Å². The third-order valence-electron chi connectivity index (χ3n) is 3.21. The zero-order valence-corrected chi connectivity index (χ0v) is 12.2. The quantitative estimate of drug-likeness (QED) is 0.753. The molecule has 0 N–H and O–H groups in total. The number of hydrogen-bond donors (Lipinski definition) is 0. The van der Waals surface area contributed by atoms with Gasteiger partial charge in [0.15, 0.2) is 0 Å². The molecular weight excluding hydrogens is 246 g/mol. The number of halogens is 1. The van der Waals surface area contributed by atoms with E-state index in [0.29, 0.717) is 0 Å². The fourth-order valence-electron chi connectivity index (χ4n) is 2.02. The van der Waals surface area contributed by atoms with Crippen LogP contribution in [-0.2, 0) is 11.2 Å². The average molecular weight is 268 g/mol. The van der Waals surface area contributed by atoms with Crippen LogP contribution in [0.2, 0.25) is 5.02 Å².